The van der Waals surface area contributed by atoms with Crippen molar-refractivity contribution in [3.8, 4) is 5.75 Å². The van der Waals surface area contributed by atoms with Gasteiger partial charge in [0.1, 0.15) is 5.75 Å². The molecule has 0 aromatic heterocycles. The number of para-hydroxylation sites is 1. The number of aliphatic hydroxyl groups excluding tert-OH is 1. The number of hydrogen-bond acceptors (Lipinski definition) is 2. The fourth-order valence-corrected chi connectivity index (χ4v) is 1.39. The molecule has 0 aliphatic rings. The Hall–Kier alpha value is -0.730. The lowest BCUT2D eigenvalue weighted by molar-refractivity contribution is 0.192. The summed E-state index contributed by atoms with van der Waals surface area (Å²) in [6, 6.07) is 5.35. The van der Waals surface area contributed by atoms with Crippen LogP contribution in [-0.2, 0) is 0 Å². The topological polar surface area (TPSA) is 29.5 Å². The quantitative estimate of drug-likeness (QED) is 0.813. The van der Waals surface area contributed by atoms with Gasteiger partial charge >= 0.3 is 0 Å². The fraction of sp³-hybridized carbons (Fsp3) is 0.400. The Morgan fingerprint density at radius 1 is 1.54 bits per heavy atom. The summed E-state index contributed by atoms with van der Waals surface area (Å²) in [6.45, 7) is 4.12. The van der Waals surface area contributed by atoms with Crippen molar-refractivity contribution in [1.29, 1.82) is 0 Å². The van der Waals surface area contributed by atoms with Gasteiger partial charge in [0.15, 0.2) is 0 Å². The third-order valence-corrected chi connectivity index (χ3v) is 2.03. The number of aliphatic hydroxyl groups is 1. The molecule has 0 aliphatic carbocycles. The van der Waals surface area contributed by atoms with Crippen molar-refractivity contribution < 1.29 is 9.84 Å². The summed E-state index contributed by atoms with van der Waals surface area (Å²) in [5.74, 6) is 0.585. The number of ether oxygens (including phenoxy) is 1. The van der Waals surface area contributed by atoms with E-state index in [9.17, 15) is 5.11 Å². The molecule has 2 nitrogen and oxygen atoms in total. The molecule has 13 heavy (non-hydrogen) atoms. The summed E-state index contributed by atoms with van der Waals surface area (Å²) < 4.78 is 5.34. The highest BCUT2D eigenvalue weighted by Gasteiger charge is 2.11. The lowest BCUT2D eigenvalue weighted by Crippen LogP contribution is -2.00. The minimum Gasteiger partial charge on any atom is -0.492 e. The molecule has 0 amide bonds. The van der Waals surface area contributed by atoms with Crippen molar-refractivity contribution in [1.82, 2.24) is 0 Å². The molecule has 0 saturated heterocycles. The van der Waals surface area contributed by atoms with Crippen molar-refractivity contribution in [2.75, 3.05) is 6.61 Å². The molecule has 1 aromatic rings. The van der Waals surface area contributed by atoms with Gasteiger partial charge in [0.2, 0.25) is 0 Å². The second kappa shape index (κ2) is 4.49. The Kier molecular flexibility index (Phi) is 3.58. The Morgan fingerprint density at radius 3 is 2.77 bits per heavy atom. The summed E-state index contributed by atoms with van der Waals surface area (Å²) >= 11 is 5.92. The highest BCUT2D eigenvalue weighted by molar-refractivity contribution is 6.32. The maximum absolute atomic E-state index is 9.42. The molecule has 72 valence electrons. The van der Waals surface area contributed by atoms with Gasteiger partial charge in [-0.25, -0.2) is 0 Å². The maximum atomic E-state index is 9.42. The zero-order chi connectivity index (χ0) is 9.84. The van der Waals surface area contributed by atoms with E-state index in [0.717, 1.165) is 5.56 Å². The van der Waals surface area contributed by atoms with Crippen LogP contribution in [0.3, 0.4) is 0 Å². The van der Waals surface area contributed by atoms with Crippen LogP contribution in [0.15, 0.2) is 18.2 Å². The molecule has 1 aromatic carbocycles. The van der Waals surface area contributed by atoms with Crippen LogP contribution in [0.25, 0.3) is 0 Å². The van der Waals surface area contributed by atoms with Crippen molar-refractivity contribution in [2.45, 2.75) is 20.0 Å². The second-order valence-corrected chi connectivity index (χ2v) is 3.17. The van der Waals surface area contributed by atoms with E-state index in [4.69, 9.17) is 16.3 Å². The maximum Gasteiger partial charge on any atom is 0.143 e. The van der Waals surface area contributed by atoms with E-state index in [1.165, 1.54) is 0 Å². The summed E-state index contributed by atoms with van der Waals surface area (Å²) in [4.78, 5) is 0. The van der Waals surface area contributed by atoms with Gasteiger partial charge in [-0.05, 0) is 19.9 Å². The van der Waals surface area contributed by atoms with E-state index in [2.05, 4.69) is 0 Å². The summed E-state index contributed by atoms with van der Waals surface area (Å²) in [5.41, 5.74) is 0.731. The van der Waals surface area contributed by atoms with Crippen molar-refractivity contribution in [3.63, 3.8) is 0 Å². The molecule has 1 unspecified atom stereocenters. The zero-order valence-corrected chi connectivity index (χ0v) is 8.51. The van der Waals surface area contributed by atoms with E-state index in [1.54, 1.807) is 19.1 Å². The number of benzene rings is 1. The van der Waals surface area contributed by atoms with E-state index >= 15 is 0 Å². The van der Waals surface area contributed by atoms with Gasteiger partial charge in [-0.15, -0.1) is 0 Å². The van der Waals surface area contributed by atoms with E-state index in [-0.39, 0.29) is 0 Å². The Labute approximate surface area is 83.1 Å². The lowest BCUT2D eigenvalue weighted by atomic mass is 10.1. The molecule has 1 atom stereocenters. The number of hydrogen-bond donors (Lipinski definition) is 1. The minimum absolute atomic E-state index is 0.542. The third kappa shape index (κ3) is 2.36. The fourth-order valence-electron chi connectivity index (χ4n) is 1.15. The monoisotopic (exact) mass is 200 g/mol. The first kappa shape index (κ1) is 10.4. The van der Waals surface area contributed by atoms with Crippen LogP contribution in [0, 0.1) is 0 Å². The molecule has 0 radical (unpaired) electrons. The smallest absolute Gasteiger partial charge is 0.143 e. The standard InChI is InChI=1S/C10H13ClO2/c1-3-13-10-8(7(2)12)5-4-6-9(10)11/h4-7,12H,3H2,1-2H3. The molecule has 0 aliphatic heterocycles. The normalized spacial score (nSPS) is 12.6. The predicted molar refractivity (Wildman–Crippen MR) is 53.3 cm³/mol. The zero-order valence-electron chi connectivity index (χ0n) is 7.75. The summed E-state index contributed by atoms with van der Waals surface area (Å²) in [5, 5.41) is 9.96. The first-order valence-corrected chi connectivity index (χ1v) is 4.64. The van der Waals surface area contributed by atoms with E-state index in [0.29, 0.717) is 17.4 Å². The molecule has 0 spiro atoms. The van der Waals surface area contributed by atoms with Gasteiger partial charge in [0.25, 0.3) is 0 Å². The second-order valence-electron chi connectivity index (χ2n) is 2.77. The highest BCUT2D eigenvalue weighted by Crippen LogP contribution is 2.32. The SMILES string of the molecule is CCOc1c(Cl)cccc1C(C)O. The van der Waals surface area contributed by atoms with Crippen LogP contribution in [-0.4, -0.2) is 11.7 Å². The van der Waals surface area contributed by atoms with E-state index in [1.807, 2.05) is 13.0 Å². The summed E-state index contributed by atoms with van der Waals surface area (Å²) in [6.07, 6.45) is -0.555. The molecule has 1 rings (SSSR count). The van der Waals surface area contributed by atoms with E-state index < -0.39 is 6.10 Å². The third-order valence-electron chi connectivity index (χ3n) is 1.74. The number of halogens is 1. The molecular formula is C10H13ClO2. The largest absolute Gasteiger partial charge is 0.492 e. The van der Waals surface area contributed by atoms with Crippen molar-refractivity contribution in [2.24, 2.45) is 0 Å². The van der Waals surface area contributed by atoms with Gasteiger partial charge < -0.3 is 9.84 Å². The Balaban J connectivity index is 3.09. The first-order chi connectivity index (χ1) is 6.16. The predicted octanol–water partition coefficient (Wildman–Crippen LogP) is 2.79. The van der Waals surface area contributed by atoms with Gasteiger partial charge in [-0.3, -0.25) is 0 Å². The highest BCUT2D eigenvalue weighted by atomic mass is 35.5. The van der Waals surface area contributed by atoms with Gasteiger partial charge in [0, 0.05) is 5.56 Å². The van der Waals surface area contributed by atoms with Crippen LogP contribution in [0.4, 0.5) is 0 Å². The first-order valence-electron chi connectivity index (χ1n) is 4.26. The molecule has 0 bridgehead atoms. The lowest BCUT2D eigenvalue weighted by Gasteiger charge is -2.13. The van der Waals surface area contributed by atoms with Crippen molar-refractivity contribution >= 4 is 11.6 Å². The molecular weight excluding hydrogens is 188 g/mol. The number of rotatable bonds is 3. The van der Waals surface area contributed by atoms with Crippen LogP contribution >= 0.6 is 11.6 Å². The van der Waals surface area contributed by atoms with Crippen molar-refractivity contribution in [3.05, 3.63) is 28.8 Å². The molecule has 0 fully saturated rings. The van der Waals surface area contributed by atoms with Gasteiger partial charge in [0.05, 0.1) is 17.7 Å². The Morgan fingerprint density at radius 2 is 2.23 bits per heavy atom. The molecule has 0 saturated carbocycles. The average Bonchev–Trinajstić information content (AvgIpc) is 2.08. The van der Waals surface area contributed by atoms with Crippen LogP contribution < -0.4 is 4.74 Å². The van der Waals surface area contributed by atoms with Gasteiger partial charge in [-0.1, -0.05) is 23.7 Å². The van der Waals surface area contributed by atoms with Crippen LogP contribution in [0.5, 0.6) is 5.75 Å². The summed E-state index contributed by atoms with van der Waals surface area (Å²) in [7, 11) is 0. The van der Waals surface area contributed by atoms with Crippen LogP contribution in [0.1, 0.15) is 25.5 Å². The van der Waals surface area contributed by atoms with Crippen LogP contribution in [0.2, 0.25) is 5.02 Å². The molecule has 0 heterocycles. The Bertz CT molecular complexity index is 284. The van der Waals surface area contributed by atoms with Gasteiger partial charge in [-0.2, -0.15) is 0 Å². The molecule has 1 N–H and O–H groups in total. The molecule has 3 heteroatoms. The minimum atomic E-state index is -0.555. The average molecular weight is 201 g/mol.